The van der Waals surface area contributed by atoms with Crippen LogP contribution in [0.1, 0.15) is 12.8 Å². The topological polar surface area (TPSA) is 87.1 Å². The number of hydrogen-bond acceptors (Lipinski definition) is 5. The number of hydrogen-bond donors (Lipinski definition) is 2. The number of methoxy groups -OCH3 is 1. The Bertz CT molecular complexity index is 194. The maximum Gasteiger partial charge on any atom is 0.306 e. The number of carbonyl (C=O) groups is 2. The summed E-state index contributed by atoms with van der Waals surface area (Å²) in [5.74, 6) is -0.854. The molecule has 6 heteroatoms. The lowest BCUT2D eigenvalue weighted by atomic mass is 10.3. The maximum absolute atomic E-state index is 11.2. The zero-order chi connectivity index (χ0) is 11.0. The summed E-state index contributed by atoms with van der Waals surface area (Å²) in [6.45, 7) is -0.610. The quantitative estimate of drug-likeness (QED) is 0.416. The second kappa shape index (κ2) is 7.28. The highest BCUT2D eigenvalue weighted by Crippen LogP contribution is 1.98. The summed E-state index contributed by atoms with van der Waals surface area (Å²) in [5.41, 5.74) is 0. The molecule has 0 aliphatic heterocycles. The lowest BCUT2D eigenvalue weighted by Gasteiger charge is -2.17. The minimum Gasteiger partial charge on any atom is -0.469 e. The van der Waals surface area contributed by atoms with E-state index in [1.165, 1.54) is 7.11 Å². The van der Waals surface area contributed by atoms with Crippen molar-refractivity contribution in [2.75, 3.05) is 27.0 Å². The SMILES string of the molecule is COC(=O)CCC(=O)N(CO)CCO. The number of carbonyl (C=O) groups excluding carboxylic acids is 2. The van der Waals surface area contributed by atoms with E-state index in [0.29, 0.717) is 0 Å². The Balaban J connectivity index is 3.86. The zero-order valence-corrected chi connectivity index (χ0v) is 8.10. The molecule has 0 fully saturated rings. The third-order valence-corrected chi connectivity index (χ3v) is 1.66. The number of aliphatic hydroxyl groups is 2. The molecule has 0 spiro atoms. The molecule has 0 rings (SSSR count). The van der Waals surface area contributed by atoms with Crippen molar-refractivity contribution in [2.24, 2.45) is 0 Å². The van der Waals surface area contributed by atoms with Crippen molar-refractivity contribution in [2.45, 2.75) is 12.8 Å². The van der Waals surface area contributed by atoms with Gasteiger partial charge in [-0.2, -0.15) is 0 Å². The largest absolute Gasteiger partial charge is 0.469 e. The Hall–Kier alpha value is -1.14. The molecule has 0 atom stereocenters. The summed E-state index contributed by atoms with van der Waals surface area (Å²) in [6.07, 6.45) is -0.0372. The van der Waals surface area contributed by atoms with Gasteiger partial charge in [-0.15, -0.1) is 0 Å². The van der Waals surface area contributed by atoms with Gasteiger partial charge in [-0.05, 0) is 0 Å². The predicted molar refractivity (Wildman–Crippen MR) is 47.1 cm³/mol. The van der Waals surface area contributed by atoms with Gasteiger partial charge in [-0.25, -0.2) is 0 Å². The summed E-state index contributed by atoms with van der Waals surface area (Å²) < 4.78 is 4.35. The van der Waals surface area contributed by atoms with Crippen LogP contribution in [-0.2, 0) is 14.3 Å². The van der Waals surface area contributed by atoms with E-state index < -0.39 is 12.7 Å². The molecule has 14 heavy (non-hydrogen) atoms. The van der Waals surface area contributed by atoms with Crippen LogP contribution in [0.3, 0.4) is 0 Å². The van der Waals surface area contributed by atoms with Crippen molar-refractivity contribution >= 4 is 11.9 Å². The van der Waals surface area contributed by atoms with Gasteiger partial charge in [-0.3, -0.25) is 9.59 Å². The van der Waals surface area contributed by atoms with E-state index in [0.717, 1.165) is 4.90 Å². The normalized spacial score (nSPS) is 9.64. The molecule has 0 heterocycles. The monoisotopic (exact) mass is 205 g/mol. The standard InChI is InChI=1S/C8H15NO5/c1-14-8(13)3-2-7(12)9(6-11)4-5-10/h10-11H,2-6H2,1H3. The van der Waals surface area contributed by atoms with E-state index in [4.69, 9.17) is 10.2 Å². The zero-order valence-electron chi connectivity index (χ0n) is 8.10. The molecular weight excluding hydrogens is 190 g/mol. The van der Waals surface area contributed by atoms with Crippen LogP contribution >= 0.6 is 0 Å². The lowest BCUT2D eigenvalue weighted by Crippen LogP contribution is -2.34. The minimum absolute atomic E-state index is 0.0166. The van der Waals surface area contributed by atoms with Crippen molar-refractivity contribution < 1.29 is 24.5 Å². The fourth-order valence-electron chi connectivity index (χ4n) is 0.864. The highest BCUT2D eigenvalue weighted by Gasteiger charge is 2.13. The number of rotatable bonds is 6. The van der Waals surface area contributed by atoms with Crippen LogP contribution in [0.2, 0.25) is 0 Å². The fourth-order valence-corrected chi connectivity index (χ4v) is 0.864. The number of amides is 1. The Morgan fingerprint density at radius 2 is 1.93 bits per heavy atom. The molecule has 0 aliphatic carbocycles. The highest BCUT2D eigenvalue weighted by atomic mass is 16.5. The first kappa shape index (κ1) is 12.9. The first-order valence-corrected chi connectivity index (χ1v) is 4.22. The molecule has 0 aromatic heterocycles. The molecular formula is C8H15NO5. The third kappa shape index (κ3) is 4.78. The van der Waals surface area contributed by atoms with Gasteiger partial charge in [0.2, 0.25) is 5.91 Å². The molecule has 82 valence electrons. The Morgan fingerprint density at radius 1 is 1.29 bits per heavy atom. The van der Waals surface area contributed by atoms with Crippen LogP contribution in [0.4, 0.5) is 0 Å². The molecule has 0 bridgehead atoms. The summed E-state index contributed by atoms with van der Waals surface area (Å²) in [4.78, 5) is 23.0. The number of aliphatic hydroxyl groups excluding tert-OH is 2. The average molecular weight is 205 g/mol. The van der Waals surface area contributed by atoms with Crippen molar-refractivity contribution in [1.82, 2.24) is 4.90 Å². The van der Waals surface area contributed by atoms with Crippen LogP contribution in [0.15, 0.2) is 0 Å². The van der Waals surface area contributed by atoms with Crippen molar-refractivity contribution in [3.63, 3.8) is 0 Å². The van der Waals surface area contributed by atoms with Gasteiger partial charge in [0.05, 0.1) is 20.1 Å². The molecule has 0 radical (unpaired) electrons. The molecule has 2 N–H and O–H groups in total. The van der Waals surface area contributed by atoms with Gasteiger partial charge >= 0.3 is 5.97 Å². The van der Waals surface area contributed by atoms with Gasteiger partial charge in [-0.1, -0.05) is 0 Å². The van der Waals surface area contributed by atoms with E-state index in [-0.39, 0.29) is 31.9 Å². The Morgan fingerprint density at radius 3 is 2.36 bits per heavy atom. The highest BCUT2D eigenvalue weighted by molar-refractivity contribution is 5.81. The van der Waals surface area contributed by atoms with Crippen molar-refractivity contribution in [3.05, 3.63) is 0 Å². The number of ether oxygens (including phenoxy) is 1. The summed E-state index contributed by atoms with van der Waals surface area (Å²) in [5, 5.41) is 17.3. The van der Waals surface area contributed by atoms with Crippen LogP contribution in [0, 0.1) is 0 Å². The van der Waals surface area contributed by atoms with Gasteiger partial charge in [0.1, 0.15) is 6.73 Å². The van der Waals surface area contributed by atoms with Gasteiger partial charge in [0, 0.05) is 13.0 Å². The Labute approximate surface area is 82.1 Å². The van der Waals surface area contributed by atoms with Crippen LogP contribution in [0.5, 0.6) is 0 Å². The van der Waals surface area contributed by atoms with E-state index in [1.807, 2.05) is 0 Å². The van der Waals surface area contributed by atoms with Crippen molar-refractivity contribution in [3.8, 4) is 0 Å². The molecule has 6 nitrogen and oxygen atoms in total. The second-order valence-electron chi connectivity index (χ2n) is 2.60. The number of esters is 1. The molecule has 0 saturated heterocycles. The molecule has 0 unspecified atom stereocenters. The average Bonchev–Trinajstić information content (AvgIpc) is 2.21. The third-order valence-electron chi connectivity index (χ3n) is 1.66. The minimum atomic E-state index is -0.472. The van der Waals surface area contributed by atoms with Gasteiger partial charge in [0.15, 0.2) is 0 Å². The second-order valence-corrected chi connectivity index (χ2v) is 2.60. The van der Waals surface area contributed by atoms with Crippen LogP contribution < -0.4 is 0 Å². The maximum atomic E-state index is 11.2. The molecule has 1 amide bonds. The van der Waals surface area contributed by atoms with Crippen LogP contribution in [-0.4, -0.2) is 54.0 Å². The van der Waals surface area contributed by atoms with Crippen molar-refractivity contribution in [1.29, 1.82) is 0 Å². The predicted octanol–water partition coefficient (Wildman–Crippen LogP) is -1.29. The Kier molecular flexibility index (Phi) is 6.69. The first-order chi connectivity index (χ1) is 6.65. The molecule has 0 aliphatic rings. The van der Waals surface area contributed by atoms with E-state index in [9.17, 15) is 9.59 Å². The summed E-state index contributed by atoms with van der Waals surface area (Å²) in [7, 11) is 1.24. The van der Waals surface area contributed by atoms with E-state index >= 15 is 0 Å². The van der Waals surface area contributed by atoms with Gasteiger partial charge in [0.25, 0.3) is 0 Å². The molecule has 0 aromatic carbocycles. The smallest absolute Gasteiger partial charge is 0.306 e. The van der Waals surface area contributed by atoms with Gasteiger partial charge < -0.3 is 19.8 Å². The fraction of sp³-hybridized carbons (Fsp3) is 0.750. The molecule has 0 saturated carbocycles. The van der Waals surface area contributed by atoms with E-state index in [1.54, 1.807) is 0 Å². The number of nitrogens with zero attached hydrogens (tertiary/aromatic N) is 1. The summed E-state index contributed by atoms with van der Waals surface area (Å²) in [6, 6.07) is 0. The lowest BCUT2D eigenvalue weighted by molar-refractivity contribution is -0.144. The summed E-state index contributed by atoms with van der Waals surface area (Å²) >= 11 is 0. The van der Waals surface area contributed by atoms with E-state index in [2.05, 4.69) is 4.74 Å². The first-order valence-electron chi connectivity index (χ1n) is 4.22. The molecule has 0 aromatic rings. The van der Waals surface area contributed by atoms with Crippen LogP contribution in [0.25, 0.3) is 0 Å².